The van der Waals surface area contributed by atoms with Gasteiger partial charge in [-0.2, -0.15) is 4.98 Å². The fourth-order valence-corrected chi connectivity index (χ4v) is 3.62. The highest BCUT2D eigenvalue weighted by Gasteiger charge is 2.34. The molecule has 0 aliphatic carbocycles. The summed E-state index contributed by atoms with van der Waals surface area (Å²) in [5.41, 5.74) is 0.764. The topological polar surface area (TPSA) is 54.2 Å². The Balaban J connectivity index is 1.60. The van der Waals surface area contributed by atoms with Gasteiger partial charge in [0.1, 0.15) is 0 Å². The van der Waals surface area contributed by atoms with E-state index >= 15 is 0 Å². The monoisotopic (exact) mass is 324 g/mol. The molecule has 21 heavy (non-hydrogen) atoms. The maximum absolute atomic E-state index is 6.01. The van der Waals surface area contributed by atoms with Gasteiger partial charge in [0.25, 0.3) is 0 Å². The van der Waals surface area contributed by atoms with Crippen molar-refractivity contribution in [1.82, 2.24) is 15.5 Å². The molecule has 0 spiro atoms. The maximum atomic E-state index is 6.01. The van der Waals surface area contributed by atoms with E-state index in [1.54, 1.807) is 18.2 Å². The van der Waals surface area contributed by atoms with Gasteiger partial charge in [0, 0.05) is 40.8 Å². The fourth-order valence-electron chi connectivity index (χ4n) is 3.10. The zero-order valence-corrected chi connectivity index (χ0v) is 12.7. The lowest BCUT2D eigenvalue weighted by Crippen LogP contribution is -2.51. The van der Waals surface area contributed by atoms with Gasteiger partial charge >= 0.3 is 6.01 Å². The van der Waals surface area contributed by atoms with E-state index in [2.05, 4.69) is 20.4 Å². The van der Waals surface area contributed by atoms with Gasteiger partial charge in [-0.3, -0.25) is 0 Å². The van der Waals surface area contributed by atoms with Crippen LogP contribution >= 0.6 is 23.2 Å². The summed E-state index contributed by atoms with van der Waals surface area (Å²) in [5, 5.41) is 8.74. The lowest BCUT2D eigenvalue weighted by molar-refractivity contribution is 0.384. The number of piperazine rings is 1. The number of hydrogen-bond acceptors (Lipinski definition) is 5. The van der Waals surface area contributed by atoms with Gasteiger partial charge < -0.3 is 14.7 Å². The summed E-state index contributed by atoms with van der Waals surface area (Å²) in [5.74, 6) is 0.514. The van der Waals surface area contributed by atoms with Crippen LogP contribution in [0.4, 0.5) is 6.01 Å². The van der Waals surface area contributed by atoms with Gasteiger partial charge in [-0.1, -0.05) is 28.4 Å². The Bertz CT molecular complexity index is 642. The summed E-state index contributed by atoms with van der Waals surface area (Å²) >= 11 is 12.0. The normalized spacial score (nSPS) is 24.6. The second-order valence-corrected chi connectivity index (χ2v) is 6.47. The first-order chi connectivity index (χ1) is 10.2. The smallest absolute Gasteiger partial charge is 0.321 e. The Labute approximate surface area is 132 Å². The van der Waals surface area contributed by atoms with Gasteiger partial charge in [0.15, 0.2) is 0 Å². The van der Waals surface area contributed by atoms with Crippen LogP contribution in [0.25, 0.3) is 11.4 Å². The molecule has 2 atom stereocenters. The summed E-state index contributed by atoms with van der Waals surface area (Å²) in [7, 11) is 0. The summed E-state index contributed by atoms with van der Waals surface area (Å²) < 4.78 is 5.41. The Morgan fingerprint density at radius 3 is 2.43 bits per heavy atom. The average Bonchev–Trinajstić information content (AvgIpc) is 3.05. The van der Waals surface area contributed by atoms with Crippen molar-refractivity contribution in [1.29, 1.82) is 0 Å². The molecule has 5 nitrogen and oxygen atoms in total. The van der Waals surface area contributed by atoms with E-state index in [-0.39, 0.29) is 0 Å². The highest BCUT2D eigenvalue weighted by molar-refractivity contribution is 6.35. The number of benzene rings is 1. The van der Waals surface area contributed by atoms with Crippen LogP contribution in [0, 0.1) is 0 Å². The number of halogens is 2. The molecule has 1 aromatic heterocycles. The van der Waals surface area contributed by atoms with Crippen molar-refractivity contribution in [3.63, 3.8) is 0 Å². The van der Waals surface area contributed by atoms with E-state index in [0.29, 0.717) is 34.0 Å². The number of nitrogens with zero attached hydrogens (tertiary/aromatic N) is 3. The second kappa shape index (κ2) is 5.16. The standard InChI is InChI=1S/C14H14Cl2N4O/c15-9-3-8(4-10(16)5-9)13-18-14(21-19-13)20-6-11-1-2-12(7-20)17-11/h3-5,11-12,17H,1-2,6-7H2. The van der Waals surface area contributed by atoms with Gasteiger partial charge in [-0.15, -0.1) is 0 Å². The quantitative estimate of drug-likeness (QED) is 0.920. The molecular weight excluding hydrogens is 311 g/mol. The molecule has 1 aromatic carbocycles. The van der Waals surface area contributed by atoms with E-state index in [1.165, 1.54) is 12.8 Å². The third-order valence-electron chi connectivity index (χ3n) is 4.02. The number of nitrogens with one attached hydrogen (secondary N) is 1. The Kier molecular flexibility index (Phi) is 3.28. The number of hydrogen-bond donors (Lipinski definition) is 1. The predicted octanol–water partition coefficient (Wildman–Crippen LogP) is 2.98. The predicted molar refractivity (Wildman–Crippen MR) is 81.9 cm³/mol. The number of rotatable bonds is 2. The fraction of sp³-hybridized carbons (Fsp3) is 0.429. The molecule has 0 saturated carbocycles. The first kappa shape index (κ1) is 13.4. The molecule has 3 heterocycles. The largest absolute Gasteiger partial charge is 0.324 e. The van der Waals surface area contributed by atoms with Crippen LogP contribution in [-0.2, 0) is 0 Å². The Morgan fingerprint density at radius 1 is 1.10 bits per heavy atom. The van der Waals surface area contributed by atoms with Crippen molar-refractivity contribution >= 4 is 29.2 Å². The van der Waals surface area contributed by atoms with E-state index in [4.69, 9.17) is 27.7 Å². The SMILES string of the molecule is Clc1cc(Cl)cc(-c2noc(N3CC4CCC(C3)N4)n2)c1. The van der Waals surface area contributed by atoms with Crippen LogP contribution in [0.15, 0.2) is 22.7 Å². The minimum atomic E-state index is 0.514. The van der Waals surface area contributed by atoms with Crippen molar-refractivity contribution in [2.75, 3.05) is 18.0 Å². The molecule has 2 aromatic rings. The molecule has 2 bridgehead atoms. The molecule has 2 fully saturated rings. The minimum absolute atomic E-state index is 0.514. The van der Waals surface area contributed by atoms with E-state index < -0.39 is 0 Å². The molecule has 0 amide bonds. The maximum Gasteiger partial charge on any atom is 0.324 e. The van der Waals surface area contributed by atoms with Crippen LogP contribution in [-0.4, -0.2) is 35.3 Å². The highest BCUT2D eigenvalue weighted by atomic mass is 35.5. The first-order valence-corrected chi connectivity index (χ1v) is 7.74. The molecule has 7 heteroatoms. The van der Waals surface area contributed by atoms with E-state index in [1.807, 2.05) is 0 Å². The van der Waals surface area contributed by atoms with Gasteiger partial charge in [0.05, 0.1) is 0 Å². The lowest BCUT2D eigenvalue weighted by Gasteiger charge is -2.31. The molecule has 0 radical (unpaired) electrons. The molecule has 110 valence electrons. The van der Waals surface area contributed by atoms with Crippen LogP contribution < -0.4 is 10.2 Å². The van der Waals surface area contributed by atoms with Crippen molar-refractivity contribution in [3.8, 4) is 11.4 Å². The molecule has 2 aliphatic rings. The van der Waals surface area contributed by atoms with Crippen LogP contribution in [0.1, 0.15) is 12.8 Å². The van der Waals surface area contributed by atoms with Crippen molar-refractivity contribution in [3.05, 3.63) is 28.2 Å². The molecular formula is C14H14Cl2N4O. The Hall–Kier alpha value is -1.30. The summed E-state index contributed by atoms with van der Waals surface area (Å²) in [6.45, 7) is 1.82. The molecule has 2 unspecified atom stereocenters. The summed E-state index contributed by atoms with van der Waals surface area (Å²) in [4.78, 5) is 6.64. The third-order valence-corrected chi connectivity index (χ3v) is 4.46. The van der Waals surface area contributed by atoms with Gasteiger partial charge in [-0.25, -0.2) is 0 Å². The van der Waals surface area contributed by atoms with Crippen LogP contribution in [0.2, 0.25) is 10.0 Å². The summed E-state index contributed by atoms with van der Waals surface area (Å²) in [6.07, 6.45) is 2.43. The van der Waals surface area contributed by atoms with E-state index in [0.717, 1.165) is 18.7 Å². The molecule has 1 N–H and O–H groups in total. The van der Waals surface area contributed by atoms with E-state index in [9.17, 15) is 0 Å². The minimum Gasteiger partial charge on any atom is -0.321 e. The molecule has 2 aliphatic heterocycles. The number of aromatic nitrogens is 2. The van der Waals surface area contributed by atoms with Crippen molar-refractivity contribution in [2.24, 2.45) is 0 Å². The second-order valence-electron chi connectivity index (χ2n) is 5.60. The van der Waals surface area contributed by atoms with Crippen LogP contribution in [0.3, 0.4) is 0 Å². The first-order valence-electron chi connectivity index (χ1n) is 6.98. The lowest BCUT2D eigenvalue weighted by atomic mass is 10.2. The number of fused-ring (bicyclic) bond motifs is 2. The Morgan fingerprint density at radius 2 is 1.76 bits per heavy atom. The average molecular weight is 325 g/mol. The summed E-state index contributed by atoms with van der Waals surface area (Å²) in [6, 6.07) is 6.87. The number of anilines is 1. The van der Waals surface area contributed by atoms with Crippen molar-refractivity contribution < 1.29 is 4.52 Å². The zero-order valence-electron chi connectivity index (χ0n) is 11.2. The highest BCUT2D eigenvalue weighted by Crippen LogP contribution is 2.28. The zero-order chi connectivity index (χ0) is 14.4. The van der Waals surface area contributed by atoms with Crippen molar-refractivity contribution in [2.45, 2.75) is 24.9 Å². The van der Waals surface area contributed by atoms with Gasteiger partial charge in [0.2, 0.25) is 5.82 Å². The molecule has 4 rings (SSSR count). The third kappa shape index (κ3) is 2.61. The van der Waals surface area contributed by atoms with Crippen LogP contribution in [0.5, 0.6) is 0 Å². The van der Waals surface area contributed by atoms with Gasteiger partial charge in [-0.05, 0) is 31.0 Å². The molecule has 2 saturated heterocycles.